The Morgan fingerprint density at radius 2 is 1.79 bits per heavy atom. The van der Waals surface area contributed by atoms with Crippen LogP contribution in [-0.4, -0.2) is 63.2 Å². The van der Waals surface area contributed by atoms with Gasteiger partial charge in [0.25, 0.3) is 0 Å². The second kappa shape index (κ2) is 5.54. The van der Waals surface area contributed by atoms with Gasteiger partial charge in [0, 0.05) is 26.2 Å². The third-order valence-corrected chi connectivity index (χ3v) is 3.79. The topological polar surface area (TPSA) is 50.1 Å². The maximum Gasteiger partial charge on any atom is 0.168 e. The monoisotopic (exact) mass is 266 g/mol. The van der Waals surface area contributed by atoms with Crippen LogP contribution in [0.5, 0.6) is 0 Å². The van der Waals surface area contributed by atoms with Crippen molar-refractivity contribution in [2.75, 3.05) is 33.2 Å². The van der Waals surface area contributed by atoms with Crippen molar-refractivity contribution in [2.45, 2.75) is 45.7 Å². The summed E-state index contributed by atoms with van der Waals surface area (Å²) < 4.78 is 1.97. The molecule has 6 nitrogen and oxygen atoms in total. The minimum Gasteiger partial charge on any atom is -0.304 e. The van der Waals surface area contributed by atoms with Crippen molar-refractivity contribution in [3.05, 3.63) is 5.82 Å². The standard InChI is InChI=1S/C13H26N6/c1-6-11(18-9-7-17(5)8-10-18)12-14-15-16-19(12)13(2,3)4/h11H,6-10H2,1-5H3/t11-/m1/s1. The molecule has 0 spiro atoms. The smallest absolute Gasteiger partial charge is 0.168 e. The Morgan fingerprint density at radius 3 is 2.32 bits per heavy atom. The summed E-state index contributed by atoms with van der Waals surface area (Å²) in [5, 5.41) is 12.4. The van der Waals surface area contributed by atoms with E-state index in [1.54, 1.807) is 0 Å². The molecular weight excluding hydrogens is 240 g/mol. The highest BCUT2D eigenvalue weighted by Gasteiger charge is 2.30. The second-order valence-electron chi connectivity index (χ2n) is 6.38. The lowest BCUT2D eigenvalue weighted by atomic mass is 10.1. The first-order chi connectivity index (χ1) is 8.93. The van der Waals surface area contributed by atoms with E-state index in [1.165, 1.54) is 0 Å². The summed E-state index contributed by atoms with van der Waals surface area (Å²) in [7, 11) is 2.18. The van der Waals surface area contributed by atoms with E-state index >= 15 is 0 Å². The van der Waals surface area contributed by atoms with Crippen molar-refractivity contribution >= 4 is 0 Å². The lowest BCUT2D eigenvalue weighted by molar-refractivity contribution is 0.0992. The van der Waals surface area contributed by atoms with Crippen LogP contribution in [0, 0.1) is 0 Å². The fourth-order valence-electron chi connectivity index (χ4n) is 2.62. The zero-order valence-electron chi connectivity index (χ0n) is 12.8. The Kier molecular flexibility index (Phi) is 4.20. The van der Waals surface area contributed by atoms with Crippen molar-refractivity contribution < 1.29 is 0 Å². The third kappa shape index (κ3) is 3.12. The van der Waals surface area contributed by atoms with Crippen LogP contribution in [0.15, 0.2) is 0 Å². The molecule has 19 heavy (non-hydrogen) atoms. The molecule has 0 unspecified atom stereocenters. The van der Waals surface area contributed by atoms with Crippen LogP contribution in [0.2, 0.25) is 0 Å². The molecule has 0 radical (unpaired) electrons. The quantitative estimate of drug-likeness (QED) is 0.821. The minimum absolute atomic E-state index is 0.0706. The average Bonchev–Trinajstić information content (AvgIpc) is 2.81. The highest BCUT2D eigenvalue weighted by molar-refractivity contribution is 4.97. The zero-order valence-corrected chi connectivity index (χ0v) is 12.8. The Hall–Kier alpha value is -1.01. The summed E-state index contributed by atoms with van der Waals surface area (Å²) in [5.41, 5.74) is -0.0706. The first kappa shape index (κ1) is 14.4. The predicted molar refractivity (Wildman–Crippen MR) is 74.9 cm³/mol. The maximum absolute atomic E-state index is 4.29. The van der Waals surface area contributed by atoms with E-state index in [-0.39, 0.29) is 5.54 Å². The lowest BCUT2D eigenvalue weighted by Crippen LogP contribution is -2.46. The van der Waals surface area contributed by atoms with Crippen LogP contribution in [0.3, 0.4) is 0 Å². The summed E-state index contributed by atoms with van der Waals surface area (Å²) in [6, 6.07) is 0.322. The van der Waals surface area contributed by atoms with Gasteiger partial charge >= 0.3 is 0 Å². The molecule has 0 saturated carbocycles. The molecule has 108 valence electrons. The van der Waals surface area contributed by atoms with E-state index in [9.17, 15) is 0 Å². The van der Waals surface area contributed by atoms with Gasteiger partial charge in [-0.05, 0) is 44.7 Å². The number of nitrogens with zero attached hydrogens (tertiary/aromatic N) is 6. The maximum atomic E-state index is 4.29. The summed E-state index contributed by atoms with van der Waals surface area (Å²) in [4.78, 5) is 4.88. The van der Waals surface area contributed by atoms with Crippen molar-refractivity contribution in [1.82, 2.24) is 30.0 Å². The molecule has 0 N–H and O–H groups in total. The zero-order chi connectivity index (χ0) is 14.0. The van der Waals surface area contributed by atoms with Gasteiger partial charge in [-0.25, -0.2) is 4.68 Å². The molecule has 1 aliphatic rings. The molecule has 1 atom stereocenters. The summed E-state index contributed by atoms with van der Waals surface area (Å²) >= 11 is 0. The molecule has 0 bridgehead atoms. The van der Waals surface area contributed by atoms with Crippen molar-refractivity contribution in [1.29, 1.82) is 0 Å². The Bertz CT molecular complexity index is 400. The molecule has 1 aromatic rings. The van der Waals surface area contributed by atoms with Gasteiger partial charge < -0.3 is 4.90 Å². The van der Waals surface area contributed by atoms with E-state index in [4.69, 9.17) is 0 Å². The number of hydrogen-bond acceptors (Lipinski definition) is 5. The summed E-state index contributed by atoms with van der Waals surface area (Å²) in [6.07, 6.45) is 1.04. The molecule has 0 aliphatic carbocycles. The first-order valence-electron chi connectivity index (χ1n) is 7.15. The molecular formula is C13H26N6. The SMILES string of the molecule is CC[C@H](c1nnnn1C(C)(C)C)N1CCN(C)CC1. The van der Waals surface area contributed by atoms with Gasteiger partial charge in [0.1, 0.15) is 0 Å². The number of hydrogen-bond donors (Lipinski definition) is 0. The van der Waals surface area contributed by atoms with E-state index in [2.05, 4.69) is 60.1 Å². The normalized spacial score (nSPS) is 20.7. The number of likely N-dealkylation sites (N-methyl/N-ethyl adjacent to an activating group) is 1. The fraction of sp³-hybridized carbons (Fsp3) is 0.923. The fourth-order valence-corrected chi connectivity index (χ4v) is 2.62. The van der Waals surface area contributed by atoms with Gasteiger partial charge in [0.15, 0.2) is 5.82 Å². The second-order valence-corrected chi connectivity index (χ2v) is 6.38. The van der Waals surface area contributed by atoms with Gasteiger partial charge in [-0.2, -0.15) is 0 Å². The molecule has 6 heteroatoms. The average molecular weight is 266 g/mol. The van der Waals surface area contributed by atoms with Crippen LogP contribution < -0.4 is 0 Å². The van der Waals surface area contributed by atoms with E-state index in [1.807, 2.05) is 4.68 Å². The number of rotatable bonds is 3. The largest absolute Gasteiger partial charge is 0.304 e. The number of piperazine rings is 1. The number of aromatic nitrogens is 4. The molecule has 2 heterocycles. The van der Waals surface area contributed by atoms with Crippen LogP contribution in [0.4, 0.5) is 0 Å². The molecule has 1 aliphatic heterocycles. The van der Waals surface area contributed by atoms with Crippen LogP contribution in [0.25, 0.3) is 0 Å². The summed E-state index contributed by atoms with van der Waals surface area (Å²) in [5.74, 6) is 1.000. The lowest BCUT2D eigenvalue weighted by Gasteiger charge is -2.37. The van der Waals surface area contributed by atoms with Gasteiger partial charge in [-0.15, -0.1) is 5.10 Å². The van der Waals surface area contributed by atoms with Crippen molar-refractivity contribution in [3.8, 4) is 0 Å². The number of tetrazole rings is 1. The molecule has 1 aromatic heterocycles. The Labute approximate surface area is 115 Å². The Morgan fingerprint density at radius 1 is 1.16 bits per heavy atom. The van der Waals surface area contributed by atoms with Gasteiger partial charge in [-0.1, -0.05) is 6.92 Å². The molecule has 0 aromatic carbocycles. The van der Waals surface area contributed by atoms with Crippen LogP contribution in [-0.2, 0) is 5.54 Å². The van der Waals surface area contributed by atoms with Crippen LogP contribution >= 0.6 is 0 Å². The van der Waals surface area contributed by atoms with E-state index < -0.39 is 0 Å². The van der Waals surface area contributed by atoms with Crippen molar-refractivity contribution in [3.63, 3.8) is 0 Å². The summed E-state index contributed by atoms with van der Waals surface area (Å²) in [6.45, 7) is 13.1. The van der Waals surface area contributed by atoms with E-state index in [0.717, 1.165) is 38.4 Å². The van der Waals surface area contributed by atoms with Crippen LogP contribution in [0.1, 0.15) is 46.0 Å². The Balaban J connectivity index is 2.20. The highest BCUT2D eigenvalue weighted by Crippen LogP contribution is 2.26. The third-order valence-electron chi connectivity index (χ3n) is 3.79. The first-order valence-corrected chi connectivity index (χ1v) is 7.15. The van der Waals surface area contributed by atoms with Crippen molar-refractivity contribution in [2.24, 2.45) is 0 Å². The molecule has 1 saturated heterocycles. The minimum atomic E-state index is -0.0706. The van der Waals surface area contributed by atoms with Gasteiger partial charge in [-0.3, -0.25) is 4.90 Å². The molecule has 2 rings (SSSR count). The van der Waals surface area contributed by atoms with E-state index in [0.29, 0.717) is 6.04 Å². The highest BCUT2D eigenvalue weighted by atomic mass is 15.6. The predicted octanol–water partition coefficient (Wildman–Crippen LogP) is 1.13. The van der Waals surface area contributed by atoms with Gasteiger partial charge in [0.2, 0.25) is 0 Å². The van der Waals surface area contributed by atoms with Gasteiger partial charge in [0.05, 0.1) is 11.6 Å². The molecule has 0 amide bonds. The molecule has 1 fully saturated rings.